The minimum Gasteiger partial charge on any atom is -0.494 e. The summed E-state index contributed by atoms with van der Waals surface area (Å²) in [7, 11) is -3.51. The Kier molecular flexibility index (Phi) is 4.87. The third-order valence-corrected chi connectivity index (χ3v) is 5.83. The van der Waals surface area contributed by atoms with Gasteiger partial charge in [-0.2, -0.15) is 0 Å². The zero-order valence-electron chi connectivity index (χ0n) is 14.9. The van der Waals surface area contributed by atoms with Gasteiger partial charge in [-0.05, 0) is 62.7 Å². The van der Waals surface area contributed by atoms with E-state index in [0.717, 1.165) is 0 Å². The molecule has 5 nitrogen and oxygen atoms in total. The lowest BCUT2D eigenvalue weighted by Crippen LogP contribution is -2.05. The van der Waals surface area contributed by atoms with E-state index in [1.54, 1.807) is 49.4 Å². The van der Waals surface area contributed by atoms with Crippen molar-refractivity contribution in [1.29, 1.82) is 0 Å². The van der Waals surface area contributed by atoms with Crippen molar-refractivity contribution in [3.8, 4) is 5.75 Å². The second-order valence-corrected chi connectivity index (χ2v) is 8.07. The van der Waals surface area contributed by atoms with Crippen LogP contribution in [-0.4, -0.2) is 20.8 Å². The number of fused-ring (bicyclic) bond motifs is 1. The maximum atomic E-state index is 12.7. The van der Waals surface area contributed by atoms with Gasteiger partial charge in [0.1, 0.15) is 17.1 Å². The number of carbonyl (C=O) groups excluding carboxylic acids is 1. The number of hydrogen-bond acceptors (Lipinski definition) is 5. The summed E-state index contributed by atoms with van der Waals surface area (Å²) < 4.78 is 36.3. The van der Waals surface area contributed by atoms with Crippen molar-refractivity contribution in [2.24, 2.45) is 0 Å². The second kappa shape index (κ2) is 6.96. The molecule has 26 heavy (non-hydrogen) atoms. The Morgan fingerprint density at radius 3 is 2.42 bits per heavy atom. The molecular weight excluding hydrogens is 352 g/mol. The summed E-state index contributed by atoms with van der Waals surface area (Å²) in [5.41, 5.74) is 1.69. The van der Waals surface area contributed by atoms with Crippen molar-refractivity contribution in [2.75, 3.05) is 6.61 Å². The van der Waals surface area contributed by atoms with Crippen LogP contribution in [0.25, 0.3) is 11.0 Å². The molecule has 3 aromatic rings. The van der Waals surface area contributed by atoms with Crippen LogP contribution >= 0.6 is 0 Å². The van der Waals surface area contributed by atoms with E-state index in [9.17, 15) is 13.2 Å². The fraction of sp³-hybridized carbons (Fsp3) is 0.250. The molecule has 136 valence electrons. The molecule has 0 unspecified atom stereocenters. The summed E-state index contributed by atoms with van der Waals surface area (Å²) in [5.74, 6) is 0.915. The summed E-state index contributed by atoms with van der Waals surface area (Å²) in [6.07, 6.45) is 0. The number of aryl methyl sites for hydroxylation is 1. The third-order valence-electron chi connectivity index (χ3n) is 4.13. The average molecular weight is 372 g/mol. The highest BCUT2D eigenvalue weighted by Gasteiger charge is 2.19. The molecule has 1 heterocycles. The van der Waals surface area contributed by atoms with E-state index in [1.165, 1.54) is 6.92 Å². The lowest BCUT2D eigenvalue weighted by atomic mass is 10.1. The Hall–Kier alpha value is -2.60. The number of carbonyl (C=O) groups is 1. The fourth-order valence-electron chi connectivity index (χ4n) is 3.01. The van der Waals surface area contributed by atoms with E-state index in [2.05, 4.69) is 0 Å². The summed E-state index contributed by atoms with van der Waals surface area (Å²) in [6, 6.07) is 11.5. The van der Waals surface area contributed by atoms with Gasteiger partial charge in [-0.15, -0.1) is 0 Å². The maximum Gasteiger partial charge on any atom is 0.182 e. The van der Waals surface area contributed by atoms with Crippen LogP contribution in [-0.2, 0) is 15.6 Å². The summed E-state index contributed by atoms with van der Waals surface area (Å²) in [6.45, 7) is 5.59. The largest absolute Gasteiger partial charge is 0.494 e. The lowest BCUT2D eigenvalue weighted by molar-refractivity contribution is 0.101. The molecule has 0 saturated heterocycles. The Balaban J connectivity index is 1.94. The Morgan fingerprint density at radius 1 is 1.12 bits per heavy atom. The first-order chi connectivity index (χ1) is 12.3. The summed E-state index contributed by atoms with van der Waals surface area (Å²) in [4.78, 5) is 12.1. The van der Waals surface area contributed by atoms with Crippen LogP contribution in [0.3, 0.4) is 0 Å². The third kappa shape index (κ3) is 3.51. The van der Waals surface area contributed by atoms with Crippen LogP contribution in [0.2, 0.25) is 0 Å². The highest BCUT2D eigenvalue weighted by Crippen LogP contribution is 2.28. The van der Waals surface area contributed by atoms with Crippen LogP contribution < -0.4 is 4.74 Å². The van der Waals surface area contributed by atoms with Crippen molar-refractivity contribution < 1.29 is 22.4 Å². The first-order valence-corrected chi connectivity index (χ1v) is 9.95. The molecule has 0 atom stereocenters. The maximum absolute atomic E-state index is 12.7. The van der Waals surface area contributed by atoms with Crippen LogP contribution in [0.15, 0.2) is 51.8 Å². The van der Waals surface area contributed by atoms with Gasteiger partial charge in [0.2, 0.25) is 0 Å². The standard InChI is InChI=1S/C20H20O5S/c1-4-24-16-6-8-17(9-7-16)26(22,23)12-15-5-10-19-18(11-15)20(13(2)21)14(3)25-19/h5-11H,4,12H2,1-3H3. The lowest BCUT2D eigenvalue weighted by Gasteiger charge is -2.07. The Morgan fingerprint density at radius 2 is 1.81 bits per heavy atom. The molecule has 0 amide bonds. The van der Waals surface area contributed by atoms with E-state index in [4.69, 9.17) is 9.15 Å². The van der Waals surface area contributed by atoms with Gasteiger partial charge in [0.25, 0.3) is 0 Å². The quantitative estimate of drug-likeness (QED) is 0.603. The molecule has 0 aliphatic rings. The molecule has 2 aromatic carbocycles. The average Bonchev–Trinajstić information content (AvgIpc) is 2.90. The Bertz CT molecular complexity index is 1060. The van der Waals surface area contributed by atoms with E-state index in [-0.39, 0.29) is 16.4 Å². The predicted octanol–water partition coefficient (Wildman–Crippen LogP) is 4.32. The second-order valence-electron chi connectivity index (χ2n) is 6.08. The van der Waals surface area contributed by atoms with E-state index in [1.807, 2.05) is 6.92 Å². The van der Waals surface area contributed by atoms with Crippen LogP contribution in [0.1, 0.15) is 35.5 Å². The highest BCUT2D eigenvalue weighted by atomic mass is 32.2. The molecule has 6 heteroatoms. The topological polar surface area (TPSA) is 73.6 Å². The number of rotatable bonds is 6. The Labute approximate surface area is 152 Å². The van der Waals surface area contributed by atoms with Gasteiger partial charge in [-0.25, -0.2) is 8.42 Å². The molecule has 0 saturated carbocycles. The van der Waals surface area contributed by atoms with Crippen LogP contribution in [0.4, 0.5) is 0 Å². The monoisotopic (exact) mass is 372 g/mol. The zero-order valence-corrected chi connectivity index (χ0v) is 15.7. The van der Waals surface area contributed by atoms with Crippen molar-refractivity contribution in [1.82, 2.24) is 0 Å². The van der Waals surface area contributed by atoms with E-state index in [0.29, 0.717) is 40.2 Å². The van der Waals surface area contributed by atoms with Gasteiger partial charge in [0, 0.05) is 5.39 Å². The van der Waals surface area contributed by atoms with Crippen LogP contribution in [0, 0.1) is 6.92 Å². The number of benzene rings is 2. The number of Topliss-reactive ketones (excluding diaryl/α,β-unsaturated/α-hetero) is 1. The van der Waals surface area contributed by atoms with Gasteiger partial charge >= 0.3 is 0 Å². The predicted molar refractivity (Wildman–Crippen MR) is 99.5 cm³/mol. The summed E-state index contributed by atoms with van der Waals surface area (Å²) >= 11 is 0. The minimum atomic E-state index is -3.51. The minimum absolute atomic E-state index is 0.104. The molecule has 0 aliphatic carbocycles. The molecule has 3 rings (SSSR count). The number of ether oxygens (including phenoxy) is 1. The van der Waals surface area contributed by atoms with Crippen molar-refractivity contribution in [3.05, 3.63) is 59.4 Å². The van der Waals surface area contributed by atoms with Gasteiger partial charge < -0.3 is 9.15 Å². The fourth-order valence-corrected chi connectivity index (χ4v) is 4.34. The van der Waals surface area contributed by atoms with Gasteiger partial charge in [-0.1, -0.05) is 6.07 Å². The zero-order chi connectivity index (χ0) is 18.9. The molecule has 0 N–H and O–H groups in total. The molecule has 0 spiro atoms. The number of sulfone groups is 1. The van der Waals surface area contributed by atoms with Gasteiger partial charge in [0.05, 0.1) is 22.8 Å². The molecule has 0 bridgehead atoms. The van der Waals surface area contributed by atoms with E-state index < -0.39 is 9.84 Å². The normalized spacial score (nSPS) is 11.7. The summed E-state index contributed by atoms with van der Waals surface area (Å²) in [5, 5.41) is 0.648. The van der Waals surface area contributed by atoms with E-state index >= 15 is 0 Å². The highest BCUT2D eigenvalue weighted by molar-refractivity contribution is 7.90. The van der Waals surface area contributed by atoms with Gasteiger partial charge in [-0.3, -0.25) is 4.79 Å². The van der Waals surface area contributed by atoms with Crippen molar-refractivity contribution in [3.63, 3.8) is 0 Å². The first kappa shape index (κ1) is 18.2. The molecule has 0 radical (unpaired) electrons. The van der Waals surface area contributed by atoms with Crippen molar-refractivity contribution >= 4 is 26.6 Å². The molecule has 1 aromatic heterocycles. The smallest absolute Gasteiger partial charge is 0.182 e. The van der Waals surface area contributed by atoms with Crippen LogP contribution in [0.5, 0.6) is 5.75 Å². The molecule has 0 fully saturated rings. The molecular formula is C20H20O5S. The van der Waals surface area contributed by atoms with Crippen molar-refractivity contribution in [2.45, 2.75) is 31.4 Å². The van der Waals surface area contributed by atoms with Gasteiger partial charge in [0.15, 0.2) is 15.6 Å². The number of hydrogen-bond donors (Lipinski definition) is 0. The SMILES string of the molecule is CCOc1ccc(S(=O)(=O)Cc2ccc3oc(C)c(C(C)=O)c3c2)cc1. The first-order valence-electron chi connectivity index (χ1n) is 8.30. The number of ketones is 1. The number of furan rings is 1. The molecule has 0 aliphatic heterocycles.